The predicted octanol–water partition coefficient (Wildman–Crippen LogP) is 1.49. The van der Waals surface area contributed by atoms with Gasteiger partial charge in [0.15, 0.2) is 0 Å². The third-order valence-corrected chi connectivity index (χ3v) is 2.21. The molecular weight excluding hydrogens is 300 g/mol. The van der Waals surface area contributed by atoms with Gasteiger partial charge in [0.2, 0.25) is 5.75 Å². The number of carboxylic acid groups (broad SMARTS) is 3. The number of benzene rings is 1. The Kier molecular flexibility index (Phi) is 6.59. The maximum atomic E-state index is 10.8. The van der Waals surface area contributed by atoms with Gasteiger partial charge in [-0.2, -0.15) is 0 Å². The molecule has 1 aromatic carbocycles. The molecule has 0 spiro atoms. The molecular formula is C10H7ClO7S. The maximum Gasteiger partial charge on any atom is 0.337 e. The highest BCUT2D eigenvalue weighted by molar-refractivity contribution is 7.80. The number of aromatic carboxylic acids is 3. The van der Waals surface area contributed by atoms with Crippen molar-refractivity contribution in [2.45, 2.75) is 4.90 Å². The summed E-state index contributed by atoms with van der Waals surface area (Å²) in [5.41, 5.74) is -1.98. The van der Waals surface area contributed by atoms with Crippen molar-refractivity contribution in [1.82, 2.24) is 0 Å². The molecule has 0 radical (unpaired) electrons. The lowest BCUT2D eigenvalue weighted by Crippen LogP contribution is -2.15. The molecule has 0 aliphatic rings. The van der Waals surface area contributed by atoms with E-state index in [0.29, 0.717) is 0 Å². The molecule has 0 heterocycles. The molecule has 9 heteroatoms. The number of thiol groups is 1. The average Bonchev–Trinajstić information content (AvgIpc) is 2.28. The van der Waals surface area contributed by atoms with Gasteiger partial charge in [-0.05, 0) is 23.7 Å². The number of carbonyl (C=O) groups excluding carboxylic acids is 1. The van der Waals surface area contributed by atoms with E-state index >= 15 is 0 Å². The third-order valence-electron chi connectivity index (χ3n) is 1.84. The highest BCUT2D eigenvalue weighted by atomic mass is 35.5. The van der Waals surface area contributed by atoms with Crippen LogP contribution in [-0.2, 0) is 4.79 Å². The Balaban J connectivity index is 0.000000982. The molecule has 19 heavy (non-hydrogen) atoms. The second-order valence-corrected chi connectivity index (χ2v) is 3.55. The monoisotopic (exact) mass is 306 g/mol. The van der Waals surface area contributed by atoms with Crippen LogP contribution >= 0.6 is 24.2 Å². The molecule has 0 saturated heterocycles. The molecule has 102 valence electrons. The van der Waals surface area contributed by atoms with E-state index in [2.05, 4.69) is 24.2 Å². The Hall–Kier alpha value is -2.06. The van der Waals surface area contributed by atoms with Gasteiger partial charge in [-0.3, -0.25) is 4.79 Å². The fourth-order valence-electron chi connectivity index (χ4n) is 1.21. The van der Waals surface area contributed by atoms with E-state index in [-0.39, 0.29) is 10.6 Å². The van der Waals surface area contributed by atoms with Crippen LogP contribution in [-0.4, -0.2) is 39.0 Å². The van der Waals surface area contributed by atoms with Crippen molar-refractivity contribution in [2.24, 2.45) is 0 Å². The topological polar surface area (TPSA) is 129 Å². The predicted molar refractivity (Wildman–Crippen MR) is 67.2 cm³/mol. The molecule has 0 unspecified atom stereocenters. The van der Waals surface area contributed by atoms with E-state index in [1.807, 2.05) is 0 Å². The molecule has 0 amide bonds. The van der Waals surface area contributed by atoms with Crippen LogP contribution in [0.4, 0.5) is 0 Å². The van der Waals surface area contributed by atoms with Crippen molar-refractivity contribution in [3.63, 3.8) is 0 Å². The Bertz CT molecular complexity index is 541. The van der Waals surface area contributed by atoms with Crippen molar-refractivity contribution in [2.75, 3.05) is 0 Å². The minimum absolute atomic E-state index is 0.102. The summed E-state index contributed by atoms with van der Waals surface area (Å²) in [6.07, 6.45) is 0. The number of halogens is 1. The first-order valence-electron chi connectivity index (χ1n) is 4.37. The van der Waals surface area contributed by atoms with Gasteiger partial charge >= 0.3 is 17.9 Å². The number of hydrogen-bond donors (Lipinski definition) is 4. The van der Waals surface area contributed by atoms with Crippen molar-refractivity contribution in [3.05, 3.63) is 28.8 Å². The van der Waals surface area contributed by atoms with Gasteiger partial charge in [0.25, 0.3) is 0 Å². The zero-order valence-corrected chi connectivity index (χ0v) is 10.7. The summed E-state index contributed by atoms with van der Waals surface area (Å²) in [6, 6.07) is 2.13. The third kappa shape index (κ3) is 4.27. The van der Waals surface area contributed by atoms with Crippen LogP contribution in [0.2, 0.25) is 0 Å². The minimum atomic E-state index is -1.62. The van der Waals surface area contributed by atoms with E-state index in [9.17, 15) is 14.4 Å². The fraction of sp³-hybridized carbons (Fsp3) is 0. The summed E-state index contributed by atoms with van der Waals surface area (Å²) in [7, 11) is 0. The largest absolute Gasteiger partial charge is 0.478 e. The van der Waals surface area contributed by atoms with Gasteiger partial charge in [0.05, 0.1) is 16.7 Å². The second kappa shape index (κ2) is 7.39. The first-order chi connectivity index (χ1) is 8.77. The first-order valence-corrected chi connectivity index (χ1v) is 5.26. The average molecular weight is 307 g/mol. The van der Waals surface area contributed by atoms with Gasteiger partial charge in [0, 0.05) is 4.90 Å². The molecule has 0 atom stereocenters. The van der Waals surface area contributed by atoms with Crippen LogP contribution in [0, 0.1) is 0 Å². The maximum absolute atomic E-state index is 10.8. The fourth-order valence-corrected chi connectivity index (χ4v) is 1.49. The standard InChI is InChI=1S/C9H6O6S.CHClO/c10-7(11)3-1-2-4(16)6(9(14)15)5(3)8(12)13;2-1-3/h1-2,16H,(H,10,11)(H,12,13)(H,14,15);1H. The van der Waals surface area contributed by atoms with E-state index in [1.54, 1.807) is 0 Å². The number of hydrogen-bond acceptors (Lipinski definition) is 5. The van der Waals surface area contributed by atoms with Crippen LogP contribution in [0.5, 0.6) is 0 Å². The van der Waals surface area contributed by atoms with Crippen LogP contribution < -0.4 is 0 Å². The van der Waals surface area contributed by atoms with Crippen molar-refractivity contribution in [1.29, 1.82) is 0 Å². The van der Waals surface area contributed by atoms with Gasteiger partial charge in [-0.25, -0.2) is 14.4 Å². The molecule has 0 aromatic heterocycles. The molecule has 1 aromatic rings. The molecule has 0 aliphatic carbocycles. The SMILES string of the molecule is O=C(O)c1ccc(S)c(C(=O)O)c1C(=O)O.O=CCl. The van der Waals surface area contributed by atoms with Crippen LogP contribution in [0.15, 0.2) is 17.0 Å². The van der Waals surface area contributed by atoms with E-state index in [1.165, 1.54) is 0 Å². The molecule has 0 aliphatic heterocycles. The van der Waals surface area contributed by atoms with Crippen molar-refractivity contribution in [3.8, 4) is 0 Å². The zero-order valence-electron chi connectivity index (χ0n) is 9.03. The summed E-state index contributed by atoms with van der Waals surface area (Å²) in [4.78, 5) is 40.9. The molecule has 0 fully saturated rings. The lowest BCUT2D eigenvalue weighted by molar-refractivity contribution is 0.0631. The molecule has 0 saturated carbocycles. The Morgan fingerprint density at radius 2 is 1.42 bits per heavy atom. The van der Waals surface area contributed by atoms with Gasteiger partial charge in [0.1, 0.15) is 0 Å². The zero-order chi connectivity index (χ0) is 15.2. The normalized spacial score (nSPS) is 8.95. The molecule has 7 nitrogen and oxygen atoms in total. The number of carboxylic acids is 3. The summed E-state index contributed by atoms with van der Waals surface area (Å²) in [6.45, 7) is 0. The van der Waals surface area contributed by atoms with Crippen molar-refractivity contribution >= 4 is 47.9 Å². The van der Waals surface area contributed by atoms with Crippen LogP contribution in [0.1, 0.15) is 31.1 Å². The van der Waals surface area contributed by atoms with E-state index in [0.717, 1.165) is 12.1 Å². The lowest BCUT2D eigenvalue weighted by Gasteiger charge is -2.07. The van der Waals surface area contributed by atoms with Gasteiger partial charge in [-0.1, -0.05) is 0 Å². The number of carbonyl (C=O) groups is 4. The quantitative estimate of drug-likeness (QED) is 0.378. The highest BCUT2D eigenvalue weighted by Gasteiger charge is 2.25. The Morgan fingerprint density at radius 1 is 1.00 bits per heavy atom. The summed E-state index contributed by atoms with van der Waals surface area (Å²) in [5, 5.41) is 26.3. The second-order valence-electron chi connectivity index (χ2n) is 2.89. The lowest BCUT2D eigenvalue weighted by atomic mass is 10.0. The van der Waals surface area contributed by atoms with Crippen LogP contribution in [0.3, 0.4) is 0 Å². The molecule has 0 bridgehead atoms. The smallest absolute Gasteiger partial charge is 0.337 e. The summed E-state index contributed by atoms with van der Waals surface area (Å²) < 4.78 is 0. The minimum Gasteiger partial charge on any atom is -0.478 e. The van der Waals surface area contributed by atoms with Gasteiger partial charge < -0.3 is 15.3 Å². The van der Waals surface area contributed by atoms with E-state index < -0.39 is 34.6 Å². The molecule has 3 N–H and O–H groups in total. The Morgan fingerprint density at radius 3 is 1.74 bits per heavy atom. The Labute approximate surface area is 116 Å². The van der Waals surface area contributed by atoms with E-state index in [4.69, 9.17) is 20.1 Å². The molecule has 1 rings (SSSR count). The summed E-state index contributed by atoms with van der Waals surface area (Å²) in [5.74, 6) is -4.44. The number of rotatable bonds is 3. The highest BCUT2D eigenvalue weighted by Crippen LogP contribution is 2.22. The van der Waals surface area contributed by atoms with Gasteiger partial charge in [-0.15, -0.1) is 12.6 Å². The van der Waals surface area contributed by atoms with Crippen molar-refractivity contribution < 1.29 is 34.5 Å². The summed E-state index contributed by atoms with van der Waals surface area (Å²) >= 11 is 8.10. The first kappa shape index (κ1) is 16.9. The van der Waals surface area contributed by atoms with Crippen LogP contribution in [0.25, 0.3) is 0 Å².